The predicted octanol–water partition coefficient (Wildman–Crippen LogP) is 2.53. The molecule has 2 rings (SSSR count). The first-order chi connectivity index (χ1) is 11.4. The molecule has 0 saturated heterocycles. The maximum absolute atomic E-state index is 12.3. The van der Waals surface area contributed by atoms with Crippen molar-refractivity contribution < 1.29 is 14.7 Å². The molecule has 1 aliphatic rings. The lowest BCUT2D eigenvalue weighted by Crippen LogP contribution is -2.56. The Hall–Kier alpha value is -1.60. The number of nitrogens with zero attached hydrogens (tertiary/aromatic N) is 2. The third-order valence-corrected chi connectivity index (χ3v) is 5.19. The number of aliphatic carboxylic acids is 1. The predicted molar refractivity (Wildman–Crippen MR) is 95.8 cm³/mol. The highest BCUT2D eigenvalue weighted by molar-refractivity contribution is 9.10. The fourth-order valence-corrected chi connectivity index (χ4v) is 3.33. The first-order valence-electron chi connectivity index (χ1n) is 8.11. The van der Waals surface area contributed by atoms with Crippen LogP contribution in [0.15, 0.2) is 28.7 Å². The Bertz CT molecular complexity index is 590. The average Bonchev–Trinajstić information content (AvgIpc) is 2.50. The quantitative estimate of drug-likeness (QED) is 0.741. The van der Waals surface area contributed by atoms with Crippen LogP contribution in [0, 0.1) is 0 Å². The number of amides is 2. The van der Waals surface area contributed by atoms with Gasteiger partial charge in [-0.2, -0.15) is 0 Å². The minimum Gasteiger partial charge on any atom is -0.480 e. The maximum Gasteiger partial charge on any atom is 0.317 e. The molecule has 0 atom stereocenters. The number of halogens is 1. The minimum absolute atomic E-state index is 0.0593. The Morgan fingerprint density at radius 3 is 2.58 bits per heavy atom. The van der Waals surface area contributed by atoms with Crippen LogP contribution in [0.4, 0.5) is 4.79 Å². The molecule has 0 radical (unpaired) electrons. The lowest BCUT2D eigenvalue weighted by atomic mass is 9.85. The first-order valence-corrected chi connectivity index (χ1v) is 8.90. The number of carbonyl (C=O) groups is 2. The van der Waals surface area contributed by atoms with Crippen molar-refractivity contribution in [2.24, 2.45) is 0 Å². The van der Waals surface area contributed by atoms with Gasteiger partial charge in [0.05, 0.1) is 6.54 Å². The fraction of sp³-hybridized carbons (Fsp3) is 0.529. The normalized spacial score (nSPS) is 19.7. The Morgan fingerprint density at radius 1 is 1.33 bits per heavy atom. The molecule has 0 aliphatic heterocycles. The van der Waals surface area contributed by atoms with Crippen molar-refractivity contribution in [1.29, 1.82) is 0 Å². The summed E-state index contributed by atoms with van der Waals surface area (Å²) in [5.41, 5.74) is 1.06. The highest BCUT2D eigenvalue weighted by Gasteiger charge is 2.35. The summed E-state index contributed by atoms with van der Waals surface area (Å²) in [6, 6.07) is 8.09. The number of carboxylic acid groups (broad SMARTS) is 1. The second kappa shape index (κ2) is 8.48. The number of benzene rings is 1. The summed E-state index contributed by atoms with van der Waals surface area (Å²) in [6.45, 7) is 3.26. The molecule has 2 N–H and O–H groups in total. The summed E-state index contributed by atoms with van der Waals surface area (Å²) >= 11 is 3.49. The second-order valence-electron chi connectivity index (χ2n) is 6.18. The maximum atomic E-state index is 12.3. The molecule has 1 aliphatic carbocycles. The van der Waals surface area contributed by atoms with Crippen molar-refractivity contribution in [3.63, 3.8) is 0 Å². The Morgan fingerprint density at radius 2 is 2.00 bits per heavy atom. The van der Waals surface area contributed by atoms with E-state index >= 15 is 0 Å². The third-order valence-electron chi connectivity index (χ3n) is 4.41. The van der Waals surface area contributed by atoms with Gasteiger partial charge >= 0.3 is 12.0 Å². The number of rotatable bonds is 7. The van der Waals surface area contributed by atoms with Gasteiger partial charge in [-0.15, -0.1) is 0 Å². The van der Waals surface area contributed by atoms with Gasteiger partial charge < -0.3 is 15.3 Å². The molecule has 1 saturated carbocycles. The topological polar surface area (TPSA) is 72.9 Å². The third kappa shape index (κ3) is 4.95. The number of carbonyl (C=O) groups excluding carboxylic acids is 1. The van der Waals surface area contributed by atoms with Crippen LogP contribution in [0.1, 0.15) is 25.3 Å². The van der Waals surface area contributed by atoms with Gasteiger partial charge in [-0.3, -0.25) is 9.69 Å². The van der Waals surface area contributed by atoms with Crippen molar-refractivity contribution in [3.8, 4) is 0 Å². The van der Waals surface area contributed by atoms with Crippen LogP contribution in [0.3, 0.4) is 0 Å². The number of hydrogen-bond donors (Lipinski definition) is 2. The fourth-order valence-electron chi connectivity index (χ4n) is 2.92. The van der Waals surface area contributed by atoms with E-state index in [1.165, 1.54) is 0 Å². The van der Waals surface area contributed by atoms with Gasteiger partial charge in [0.1, 0.15) is 0 Å². The van der Waals surface area contributed by atoms with E-state index in [0.29, 0.717) is 13.1 Å². The minimum atomic E-state index is -0.808. The van der Waals surface area contributed by atoms with E-state index in [2.05, 4.69) is 21.2 Å². The van der Waals surface area contributed by atoms with Gasteiger partial charge in [-0.05, 0) is 31.0 Å². The largest absolute Gasteiger partial charge is 0.480 e. The van der Waals surface area contributed by atoms with E-state index in [4.69, 9.17) is 5.11 Å². The van der Waals surface area contributed by atoms with E-state index in [0.717, 1.165) is 22.9 Å². The standard InChI is InChI=1S/C17H24BrN3O3/c1-3-21(11-16(22)23)14-8-13(9-14)19-17(24)20(2)10-12-6-4-5-7-15(12)18/h4-7,13-14H,3,8-11H2,1-2H3,(H,19,24)(H,22,23). The number of urea groups is 1. The second-order valence-corrected chi connectivity index (χ2v) is 7.03. The van der Waals surface area contributed by atoms with Crippen LogP contribution in [-0.2, 0) is 11.3 Å². The molecule has 0 bridgehead atoms. The zero-order chi connectivity index (χ0) is 17.7. The number of likely N-dealkylation sites (N-methyl/N-ethyl adjacent to an activating group) is 1. The Balaban J connectivity index is 1.78. The first kappa shape index (κ1) is 18.7. The van der Waals surface area contributed by atoms with Crippen LogP contribution in [0.25, 0.3) is 0 Å². The van der Waals surface area contributed by atoms with Crippen molar-refractivity contribution in [2.75, 3.05) is 20.1 Å². The van der Waals surface area contributed by atoms with Crippen molar-refractivity contribution in [2.45, 2.75) is 38.4 Å². The molecular weight excluding hydrogens is 374 g/mol. The lowest BCUT2D eigenvalue weighted by molar-refractivity contribution is -0.139. The van der Waals surface area contributed by atoms with Gasteiger partial charge in [-0.25, -0.2) is 4.79 Å². The molecule has 7 heteroatoms. The summed E-state index contributed by atoms with van der Waals surface area (Å²) in [5.74, 6) is -0.808. The van der Waals surface area contributed by atoms with Crippen molar-refractivity contribution >= 4 is 27.9 Å². The van der Waals surface area contributed by atoms with E-state index in [1.807, 2.05) is 36.1 Å². The van der Waals surface area contributed by atoms with E-state index in [1.54, 1.807) is 11.9 Å². The molecule has 1 aromatic carbocycles. The van der Waals surface area contributed by atoms with Crippen LogP contribution >= 0.6 is 15.9 Å². The number of nitrogens with one attached hydrogen (secondary N) is 1. The lowest BCUT2D eigenvalue weighted by Gasteiger charge is -2.42. The molecule has 132 valence electrons. The summed E-state index contributed by atoms with van der Waals surface area (Å²) in [5, 5.41) is 11.9. The molecule has 0 aromatic heterocycles. The molecule has 2 amide bonds. The Kier molecular flexibility index (Phi) is 6.62. The zero-order valence-electron chi connectivity index (χ0n) is 14.0. The molecule has 1 fully saturated rings. The molecule has 0 unspecified atom stereocenters. The smallest absolute Gasteiger partial charge is 0.317 e. The average molecular weight is 398 g/mol. The van der Waals surface area contributed by atoms with Gasteiger partial charge in [0.15, 0.2) is 0 Å². The van der Waals surface area contributed by atoms with Gasteiger partial charge in [0, 0.05) is 30.1 Å². The van der Waals surface area contributed by atoms with Crippen LogP contribution in [0.5, 0.6) is 0 Å². The van der Waals surface area contributed by atoms with E-state index in [9.17, 15) is 9.59 Å². The summed E-state index contributed by atoms with van der Waals surface area (Å²) in [6.07, 6.45) is 1.60. The molecule has 1 aromatic rings. The highest BCUT2D eigenvalue weighted by Crippen LogP contribution is 2.26. The van der Waals surface area contributed by atoms with Gasteiger partial charge in [-0.1, -0.05) is 41.1 Å². The summed E-state index contributed by atoms with van der Waals surface area (Å²) in [4.78, 5) is 26.7. The SMILES string of the molecule is CCN(CC(=O)O)C1CC(NC(=O)N(C)Cc2ccccc2Br)C1. The Labute approximate surface area is 150 Å². The molecular formula is C17H24BrN3O3. The van der Waals surface area contributed by atoms with Gasteiger partial charge in [0.25, 0.3) is 0 Å². The van der Waals surface area contributed by atoms with Gasteiger partial charge in [0.2, 0.25) is 0 Å². The molecule has 6 nitrogen and oxygen atoms in total. The number of hydrogen-bond acceptors (Lipinski definition) is 3. The van der Waals surface area contributed by atoms with E-state index < -0.39 is 5.97 Å². The van der Waals surface area contributed by atoms with Crippen LogP contribution in [-0.4, -0.2) is 59.1 Å². The summed E-state index contributed by atoms with van der Waals surface area (Å²) in [7, 11) is 1.77. The number of carboxylic acids is 1. The molecule has 0 spiro atoms. The zero-order valence-corrected chi connectivity index (χ0v) is 15.6. The molecule has 0 heterocycles. The van der Waals surface area contributed by atoms with Crippen LogP contribution in [0.2, 0.25) is 0 Å². The monoisotopic (exact) mass is 397 g/mol. The molecule has 24 heavy (non-hydrogen) atoms. The highest BCUT2D eigenvalue weighted by atomic mass is 79.9. The van der Waals surface area contributed by atoms with Crippen molar-refractivity contribution in [1.82, 2.24) is 15.1 Å². The van der Waals surface area contributed by atoms with E-state index in [-0.39, 0.29) is 24.7 Å². The van der Waals surface area contributed by atoms with Crippen molar-refractivity contribution in [3.05, 3.63) is 34.3 Å². The van der Waals surface area contributed by atoms with Crippen LogP contribution < -0.4 is 5.32 Å². The summed E-state index contributed by atoms with van der Waals surface area (Å²) < 4.78 is 0.987.